The Balaban J connectivity index is 2.12. The number of aliphatic hydroxyl groups is 1. The molecule has 6 heteroatoms. The van der Waals surface area contributed by atoms with Crippen LogP contribution in [0.3, 0.4) is 0 Å². The Kier molecular flexibility index (Phi) is 4.92. The minimum Gasteiger partial charge on any atom is -0.441 e. The van der Waals surface area contributed by atoms with E-state index in [9.17, 15) is 4.79 Å². The maximum atomic E-state index is 12.1. The number of rotatable bonds is 6. The number of hydrogen-bond donors (Lipinski definition) is 1. The van der Waals surface area contributed by atoms with Crippen molar-refractivity contribution in [2.75, 3.05) is 19.7 Å². The maximum Gasteiger partial charge on any atom is 0.228 e. The van der Waals surface area contributed by atoms with E-state index in [2.05, 4.69) is 4.98 Å². The number of aromatic nitrogens is 1. The van der Waals surface area contributed by atoms with Crippen LogP contribution in [0.4, 0.5) is 0 Å². The molecule has 0 fully saturated rings. The van der Waals surface area contributed by atoms with Gasteiger partial charge in [0.05, 0.1) is 18.7 Å². The van der Waals surface area contributed by atoms with E-state index in [1.54, 1.807) is 16.2 Å². The fraction of sp³-hybridized carbons (Fsp3) is 0.429. The third kappa shape index (κ3) is 3.26. The summed E-state index contributed by atoms with van der Waals surface area (Å²) in [6.45, 7) is 4.60. The normalized spacial score (nSPS) is 10.8. The molecule has 108 valence electrons. The van der Waals surface area contributed by atoms with Gasteiger partial charge in [0.25, 0.3) is 0 Å². The molecule has 0 atom stereocenters. The van der Waals surface area contributed by atoms with Crippen LogP contribution in [0.15, 0.2) is 21.2 Å². The van der Waals surface area contributed by atoms with E-state index < -0.39 is 0 Å². The van der Waals surface area contributed by atoms with Gasteiger partial charge in [-0.15, -0.1) is 0 Å². The molecule has 0 bridgehead atoms. The first kappa shape index (κ1) is 14.7. The van der Waals surface area contributed by atoms with Crippen LogP contribution in [0.5, 0.6) is 0 Å². The lowest BCUT2D eigenvalue weighted by molar-refractivity contribution is -0.130. The van der Waals surface area contributed by atoms with Crippen LogP contribution < -0.4 is 0 Å². The molecule has 2 aromatic heterocycles. The number of aliphatic hydroxyl groups excluding tert-OH is 1. The lowest BCUT2D eigenvalue weighted by Gasteiger charge is -2.18. The van der Waals surface area contributed by atoms with Crippen LogP contribution in [0.25, 0.3) is 11.5 Å². The van der Waals surface area contributed by atoms with E-state index >= 15 is 0 Å². The van der Waals surface area contributed by atoms with E-state index in [4.69, 9.17) is 9.52 Å². The highest BCUT2D eigenvalue weighted by Crippen LogP contribution is 2.24. The molecule has 0 saturated carbocycles. The monoisotopic (exact) mass is 294 g/mol. The van der Waals surface area contributed by atoms with Crippen molar-refractivity contribution in [3.05, 3.63) is 28.3 Å². The van der Waals surface area contributed by atoms with Crippen LogP contribution >= 0.6 is 11.3 Å². The number of likely N-dealkylation sites (N-methyl/N-ethyl adjacent to an activating group) is 1. The summed E-state index contributed by atoms with van der Waals surface area (Å²) in [5.41, 5.74) is 1.59. The summed E-state index contributed by atoms with van der Waals surface area (Å²) in [5, 5.41) is 12.9. The fourth-order valence-corrected chi connectivity index (χ4v) is 2.57. The molecule has 1 N–H and O–H groups in total. The molecular formula is C14H18N2O3S. The average Bonchev–Trinajstić information content (AvgIpc) is 3.06. The summed E-state index contributed by atoms with van der Waals surface area (Å²) in [6, 6.07) is 1.94. The second-order valence-corrected chi connectivity index (χ2v) is 5.19. The zero-order valence-corrected chi connectivity index (χ0v) is 12.4. The molecule has 2 heterocycles. The molecule has 0 aliphatic heterocycles. The highest BCUT2D eigenvalue weighted by molar-refractivity contribution is 7.08. The van der Waals surface area contributed by atoms with Gasteiger partial charge in [-0.05, 0) is 25.3 Å². The van der Waals surface area contributed by atoms with Gasteiger partial charge < -0.3 is 14.4 Å². The third-order valence-corrected chi connectivity index (χ3v) is 3.77. The molecule has 0 unspecified atom stereocenters. The van der Waals surface area contributed by atoms with Gasteiger partial charge in [-0.25, -0.2) is 4.98 Å². The van der Waals surface area contributed by atoms with Crippen molar-refractivity contribution >= 4 is 17.2 Å². The first-order chi connectivity index (χ1) is 9.65. The fourth-order valence-electron chi connectivity index (χ4n) is 1.94. The third-order valence-electron chi connectivity index (χ3n) is 3.08. The lowest BCUT2D eigenvalue weighted by atomic mass is 10.2. The number of aryl methyl sites for hydroxylation is 1. The van der Waals surface area contributed by atoms with Crippen molar-refractivity contribution in [2.24, 2.45) is 0 Å². The maximum absolute atomic E-state index is 12.1. The van der Waals surface area contributed by atoms with Gasteiger partial charge in [0.2, 0.25) is 11.8 Å². The van der Waals surface area contributed by atoms with E-state index in [1.807, 2.05) is 30.7 Å². The second kappa shape index (κ2) is 6.67. The number of hydrogen-bond acceptors (Lipinski definition) is 5. The summed E-state index contributed by atoms with van der Waals surface area (Å²) in [6.07, 6.45) is 0.202. The lowest BCUT2D eigenvalue weighted by Crippen LogP contribution is -2.34. The topological polar surface area (TPSA) is 66.6 Å². The minimum absolute atomic E-state index is 0.0302. The first-order valence-corrected chi connectivity index (χ1v) is 7.47. The minimum atomic E-state index is -0.0465. The van der Waals surface area contributed by atoms with E-state index in [1.165, 1.54) is 0 Å². The van der Waals surface area contributed by atoms with Gasteiger partial charge in [-0.3, -0.25) is 4.79 Å². The molecule has 0 aromatic carbocycles. The van der Waals surface area contributed by atoms with Crippen molar-refractivity contribution in [2.45, 2.75) is 20.3 Å². The standard InChI is InChI=1S/C14H18N2O3S/c1-3-16(5-6-17)13(18)8-12-10(2)19-14(15-12)11-4-7-20-9-11/h4,7,9,17H,3,5-6,8H2,1-2H3. The van der Waals surface area contributed by atoms with Gasteiger partial charge in [-0.1, -0.05) is 0 Å². The zero-order valence-electron chi connectivity index (χ0n) is 11.6. The Morgan fingerprint density at radius 2 is 2.35 bits per heavy atom. The first-order valence-electron chi connectivity index (χ1n) is 6.53. The molecule has 0 saturated heterocycles. The van der Waals surface area contributed by atoms with Crippen LogP contribution in [0.1, 0.15) is 18.4 Å². The number of thiophene rings is 1. The Morgan fingerprint density at radius 3 is 2.95 bits per heavy atom. The summed E-state index contributed by atoms with van der Waals surface area (Å²) in [5.74, 6) is 1.17. The summed E-state index contributed by atoms with van der Waals surface area (Å²) < 4.78 is 5.61. The van der Waals surface area contributed by atoms with E-state index in [-0.39, 0.29) is 18.9 Å². The summed E-state index contributed by atoms with van der Waals surface area (Å²) in [4.78, 5) is 18.1. The van der Waals surface area contributed by atoms with E-state index in [0.717, 1.165) is 5.56 Å². The Bertz CT molecular complexity index is 563. The molecule has 0 spiro atoms. The van der Waals surface area contributed by atoms with Crippen LogP contribution in [-0.4, -0.2) is 40.6 Å². The predicted octanol–water partition coefficient (Wildman–Crippen LogP) is 2.09. The van der Waals surface area contributed by atoms with Crippen LogP contribution in [-0.2, 0) is 11.2 Å². The van der Waals surface area contributed by atoms with Crippen LogP contribution in [0.2, 0.25) is 0 Å². The van der Waals surface area contributed by atoms with Crippen molar-refractivity contribution in [1.29, 1.82) is 0 Å². The molecule has 0 aliphatic carbocycles. The Hall–Kier alpha value is -1.66. The SMILES string of the molecule is CCN(CCO)C(=O)Cc1nc(-c2ccsc2)oc1C. The Labute approximate surface area is 121 Å². The van der Waals surface area contributed by atoms with Crippen molar-refractivity contribution < 1.29 is 14.3 Å². The average molecular weight is 294 g/mol. The number of nitrogens with zero attached hydrogens (tertiary/aromatic N) is 2. The molecule has 0 radical (unpaired) electrons. The van der Waals surface area contributed by atoms with Gasteiger partial charge in [0, 0.05) is 24.0 Å². The van der Waals surface area contributed by atoms with Gasteiger partial charge in [0.15, 0.2) is 0 Å². The van der Waals surface area contributed by atoms with E-state index in [0.29, 0.717) is 30.4 Å². The Morgan fingerprint density at radius 1 is 1.55 bits per heavy atom. The van der Waals surface area contributed by atoms with Crippen LogP contribution in [0, 0.1) is 6.92 Å². The molecule has 20 heavy (non-hydrogen) atoms. The highest BCUT2D eigenvalue weighted by atomic mass is 32.1. The van der Waals surface area contributed by atoms with Crippen molar-refractivity contribution in [3.63, 3.8) is 0 Å². The second-order valence-electron chi connectivity index (χ2n) is 4.41. The number of amides is 1. The molecule has 2 rings (SSSR count). The van der Waals surface area contributed by atoms with Crippen molar-refractivity contribution in [1.82, 2.24) is 9.88 Å². The largest absolute Gasteiger partial charge is 0.441 e. The highest BCUT2D eigenvalue weighted by Gasteiger charge is 2.18. The molecular weight excluding hydrogens is 276 g/mol. The summed E-state index contributed by atoms with van der Waals surface area (Å²) >= 11 is 1.58. The zero-order chi connectivity index (χ0) is 14.5. The molecule has 1 amide bonds. The smallest absolute Gasteiger partial charge is 0.228 e. The number of carbonyl (C=O) groups is 1. The number of carbonyl (C=O) groups excluding carboxylic acids is 1. The van der Waals surface area contributed by atoms with Gasteiger partial charge >= 0.3 is 0 Å². The van der Waals surface area contributed by atoms with Crippen molar-refractivity contribution in [3.8, 4) is 11.5 Å². The molecule has 2 aromatic rings. The van der Waals surface area contributed by atoms with Gasteiger partial charge in [-0.2, -0.15) is 11.3 Å². The quantitative estimate of drug-likeness (QED) is 0.886. The summed E-state index contributed by atoms with van der Waals surface area (Å²) in [7, 11) is 0. The molecule has 5 nitrogen and oxygen atoms in total. The number of oxazole rings is 1. The molecule has 0 aliphatic rings. The van der Waals surface area contributed by atoms with Gasteiger partial charge in [0.1, 0.15) is 5.76 Å². The predicted molar refractivity (Wildman–Crippen MR) is 77.6 cm³/mol.